The number of anilines is 2. The summed E-state index contributed by atoms with van der Waals surface area (Å²) in [5.41, 5.74) is 8.04. The van der Waals surface area contributed by atoms with Crippen LogP contribution in [-0.4, -0.2) is 41.1 Å². The number of nitrogens with one attached hydrogen (secondary N) is 2. The van der Waals surface area contributed by atoms with Crippen LogP contribution in [0.1, 0.15) is 12.8 Å². The molecule has 0 saturated carbocycles. The molecule has 2 heterocycles. The van der Waals surface area contributed by atoms with E-state index >= 15 is 0 Å². The Balaban J connectivity index is 1.60. The first-order valence-corrected chi connectivity index (χ1v) is 9.04. The summed E-state index contributed by atoms with van der Waals surface area (Å²) in [6.07, 6.45) is 1.70. The van der Waals surface area contributed by atoms with Crippen LogP contribution >= 0.6 is 0 Å². The normalized spacial score (nSPS) is 15.9. The lowest BCUT2D eigenvalue weighted by molar-refractivity contribution is -0.121. The zero-order valence-electron chi connectivity index (χ0n) is 15.1. The van der Waals surface area contributed by atoms with Crippen LogP contribution in [0.3, 0.4) is 0 Å². The van der Waals surface area contributed by atoms with E-state index in [1.165, 1.54) is 6.07 Å². The van der Waals surface area contributed by atoms with Crippen molar-refractivity contribution in [3.05, 3.63) is 42.2 Å². The molecule has 140 valence electrons. The van der Waals surface area contributed by atoms with Crippen molar-refractivity contribution >= 4 is 28.3 Å². The summed E-state index contributed by atoms with van der Waals surface area (Å²) in [6.45, 7) is 1.85. The molecule has 0 radical (unpaired) electrons. The van der Waals surface area contributed by atoms with Crippen molar-refractivity contribution in [2.75, 3.05) is 31.2 Å². The van der Waals surface area contributed by atoms with Crippen LogP contribution in [-0.2, 0) is 4.79 Å². The fourth-order valence-electron chi connectivity index (χ4n) is 3.49. The van der Waals surface area contributed by atoms with Crippen LogP contribution in [0.15, 0.2) is 36.4 Å². The van der Waals surface area contributed by atoms with Crippen molar-refractivity contribution < 1.29 is 9.18 Å². The molecule has 0 atom stereocenters. The summed E-state index contributed by atoms with van der Waals surface area (Å²) in [4.78, 5) is 14.8. The minimum absolute atomic E-state index is 0.000400. The van der Waals surface area contributed by atoms with Gasteiger partial charge in [-0.1, -0.05) is 12.1 Å². The number of nitrogens with zero attached hydrogens (tertiary/aromatic N) is 2. The van der Waals surface area contributed by atoms with Crippen LogP contribution in [0.5, 0.6) is 0 Å². The molecule has 1 saturated heterocycles. The molecule has 0 aliphatic carbocycles. The molecule has 4 N–H and O–H groups in total. The Kier molecular flexibility index (Phi) is 4.53. The Bertz CT molecular complexity index is 991. The Morgan fingerprint density at radius 2 is 1.93 bits per heavy atom. The van der Waals surface area contributed by atoms with Gasteiger partial charge in [-0.15, -0.1) is 0 Å². The quantitative estimate of drug-likeness (QED) is 0.620. The van der Waals surface area contributed by atoms with Gasteiger partial charge in [0.15, 0.2) is 5.82 Å². The molecule has 2 aromatic carbocycles. The molecule has 1 aliphatic heterocycles. The average molecular weight is 367 g/mol. The maximum Gasteiger partial charge on any atom is 0.228 e. The molecule has 1 fully saturated rings. The van der Waals surface area contributed by atoms with Gasteiger partial charge < -0.3 is 16.0 Å². The number of halogens is 1. The topological polar surface area (TPSA) is 87.0 Å². The summed E-state index contributed by atoms with van der Waals surface area (Å²) < 4.78 is 13.8. The number of nitrogen functional groups attached to an aromatic ring is 1. The number of piperidine rings is 1. The van der Waals surface area contributed by atoms with E-state index in [1.807, 2.05) is 18.2 Å². The summed E-state index contributed by atoms with van der Waals surface area (Å²) in [7, 11) is 2.07. The van der Waals surface area contributed by atoms with Gasteiger partial charge in [-0.25, -0.2) is 4.39 Å². The number of H-pyrrole nitrogens is 1. The lowest BCUT2D eigenvalue weighted by Crippen LogP contribution is -2.36. The number of carbonyl (C=O) groups is 1. The fourth-order valence-corrected chi connectivity index (χ4v) is 3.49. The number of carbonyl (C=O) groups excluding carboxylic acids is 1. The fraction of sp³-hybridized carbons (Fsp3) is 0.300. The zero-order valence-corrected chi connectivity index (χ0v) is 15.1. The molecule has 0 spiro atoms. The molecule has 6 nitrogen and oxygen atoms in total. The van der Waals surface area contributed by atoms with Gasteiger partial charge >= 0.3 is 0 Å². The Morgan fingerprint density at radius 3 is 2.67 bits per heavy atom. The highest BCUT2D eigenvalue weighted by molar-refractivity contribution is 6.01. The minimum atomic E-state index is -0.449. The van der Waals surface area contributed by atoms with Crippen LogP contribution in [0.4, 0.5) is 15.9 Å². The first kappa shape index (κ1) is 17.5. The molecular weight excluding hydrogens is 345 g/mol. The van der Waals surface area contributed by atoms with E-state index in [9.17, 15) is 9.18 Å². The maximum absolute atomic E-state index is 13.8. The summed E-state index contributed by atoms with van der Waals surface area (Å²) in [6, 6.07) is 10.4. The van der Waals surface area contributed by atoms with Crippen LogP contribution in [0.25, 0.3) is 22.0 Å². The second-order valence-corrected chi connectivity index (χ2v) is 7.14. The van der Waals surface area contributed by atoms with E-state index in [-0.39, 0.29) is 17.5 Å². The van der Waals surface area contributed by atoms with Gasteiger partial charge in [-0.05, 0) is 68.4 Å². The van der Waals surface area contributed by atoms with Crippen molar-refractivity contribution in [3.8, 4) is 11.1 Å². The molecule has 0 unspecified atom stereocenters. The van der Waals surface area contributed by atoms with Gasteiger partial charge in [-0.3, -0.25) is 9.89 Å². The summed E-state index contributed by atoms with van der Waals surface area (Å²) in [5.74, 6) is 0.0602. The Morgan fingerprint density at radius 1 is 1.22 bits per heavy atom. The molecule has 4 rings (SSSR count). The average Bonchev–Trinajstić information content (AvgIpc) is 3.06. The highest BCUT2D eigenvalue weighted by Crippen LogP contribution is 2.29. The number of aromatic amines is 1. The van der Waals surface area contributed by atoms with Crippen molar-refractivity contribution in [2.24, 2.45) is 5.92 Å². The first-order valence-electron chi connectivity index (χ1n) is 9.04. The number of aromatic nitrogens is 2. The number of hydrogen-bond donors (Lipinski definition) is 3. The third-order valence-corrected chi connectivity index (χ3v) is 5.23. The largest absolute Gasteiger partial charge is 0.396 e. The van der Waals surface area contributed by atoms with E-state index in [0.717, 1.165) is 48.0 Å². The molecule has 3 aromatic rings. The number of hydrogen-bond acceptors (Lipinski definition) is 4. The van der Waals surface area contributed by atoms with E-state index in [1.54, 1.807) is 12.1 Å². The third kappa shape index (κ3) is 3.50. The van der Waals surface area contributed by atoms with E-state index in [4.69, 9.17) is 5.73 Å². The number of rotatable bonds is 3. The molecule has 7 heteroatoms. The van der Waals surface area contributed by atoms with Crippen molar-refractivity contribution in [3.63, 3.8) is 0 Å². The number of likely N-dealkylation sites (tertiary alicyclic amines) is 1. The maximum atomic E-state index is 13.8. The Hall–Kier alpha value is -2.93. The molecule has 1 aliphatic rings. The van der Waals surface area contributed by atoms with E-state index in [0.29, 0.717) is 5.82 Å². The predicted octanol–water partition coefficient (Wildman–Crippen LogP) is 3.23. The van der Waals surface area contributed by atoms with Gasteiger partial charge in [0.05, 0.1) is 11.2 Å². The van der Waals surface area contributed by atoms with Gasteiger partial charge in [0, 0.05) is 11.3 Å². The Labute approximate surface area is 156 Å². The molecule has 0 bridgehead atoms. The van der Waals surface area contributed by atoms with Gasteiger partial charge in [0.25, 0.3) is 0 Å². The number of benzene rings is 2. The SMILES string of the molecule is CN1CCC(C(=O)Nc2n[nH]c3ccc(-c4ccc(N)c(F)c4)cc23)CC1. The highest BCUT2D eigenvalue weighted by Gasteiger charge is 2.24. The van der Waals surface area contributed by atoms with Crippen molar-refractivity contribution in [2.45, 2.75) is 12.8 Å². The van der Waals surface area contributed by atoms with E-state index < -0.39 is 5.82 Å². The van der Waals surface area contributed by atoms with Crippen LogP contribution in [0.2, 0.25) is 0 Å². The summed E-state index contributed by atoms with van der Waals surface area (Å²) in [5, 5.41) is 10.9. The monoisotopic (exact) mass is 367 g/mol. The van der Waals surface area contributed by atoms with Gasteiger partial charge in [0.2, 0.25) is 5.91 Å². The number of nitrogens with two attached hydrogens (primary N) is 1. The van der Waals surface area contributed by atoms with Crippen LogP contribution < -0.4 is 11.1 Å². The highest BCUT2D eigenvalue weighted by atomic mass is 19.1. The van der Waals surface area contributed by atoms with Gasteiger partial charge in [0.1, 0.15) is 5.82 Å². The zero-order chi connectivity index (χ0) is 19.0. The molecular formula is C20H22FN5O. The number of amides is 1. The van der Waals surface area contributed by atoms with Gasteiger partial charge in [-0.2, -0.15) is 5.10 Å². The lowest BCUT2D eigenvalue weighted by Gasteiger charge is -2.27. The first-order chi connectivity index (χ1) is 13.0. The van der Waals surface area contributed by atoms with Crippen LogP contribution in [0, 0.1) is 11.7 Å². The third-order valence-electron chi connectivity index (χ3n) is 5.23. The van der Waals surface area contributed by atoms with Crippen molar-refractivity contribution in [1.29, 1.82) is 0 Å². The lowest BCUT2D eigenvalue weighted by atomic mass is 9.96. The second kappa shape index (κ2) is 7.00. The van der Waals surface area contributed by atoms with E-state index in [2.05, 4.69) is 27.5 Å². The molecule has 1 amide bonds. The molecule has 27 heavy (non-hydrogen) atoms. The summed E-state index contributed by atoms with van der Waals surface area (Å²) >= 11 is 0. The second-order valence-electron chi connectivity index (χ2n) is 7.14. The standard InChI is InChI=1S/C20H22FN5O/c1-26-8-6-12(7-9-26)20(27)23-19-15-10-13(3-5-18(15)24-25-19)14-2-4-17(22)16(21)11-14/h2-5,10-12H,6-9,22H2,1H3,(H2,23,24,25,27). The number of fused-ring (bicyclic) bond motifs is 1. The molecule has 1 aromatic heterocycles. The predicted molar refractivity (Wildman–Crippen MR) is 105 cm³/mol. The smallest absolute Gasteiger partial charge is 0.228 e. The van der Waals surface area contributed by atoms with Crippen molar-refractivity contribution in [1.82, 2.24) is 15.1 Å². The minimum Gasteiger partial charge on any atom is -0.396 e.